The van der Waals surface area contributed by atoms with Gasteiger partial charge in [0, 0.05) is 31.8 Å². The molecule has 134 valence electrons. The summed E-state index contributed by atoms with van der Waals surface area (Å²) in [5.41, 5.74) is -0.0855. The molecule has 0 radical (unpaired) electrons. The van der Waals surface area contributed by atoms with Gasteiger partial charge in [0.1, 0.15) is 5.60 Å². The lowest BCUT2D eigenvalue weighted by Crippen LogP contribution is -2.48. The van der Waals surface area contributed by atoms with E-state index < -0.39 is 5.60 Å². The number of ether oxygens (including phenoxy) is 2. The van der Waals surface area contributed by atoms with Crippen molar-refractivity contribution in [3.8, 4) is 0 Å². The molecule has 1 saturated heterocycles. The Kier molecular flexibility index (Phi) is 6.32. The summed E-state index contributed by atoms with van der Waals surface area (Å²) in [6.07, 6.45) is 6.35. The van der Waals surface area contributed by atoms with Crippen molar-refractivity contribution in [3.05, 3.63) is 0 Å². The standard InChI is InChI=1S/C18H34N2O3/c1-17(2,3)23-16(21)20-15-7-5-6-14(12-15)19-13-18(4)8-10-22-11-9-18/h14-15,19H,5-13H2,1-4H3,(H,20,21)/t14-,15+/m0/s1. The van der Waals surface area contributed by atoms with Crippen LogP contribution in [0.25, 0.3) is 0 Å². The van der Waals surface area contributed by atoms with Crippen molar-refractivity contribution < 1.29 is 14.3 Å². The summed E-state index contributed by atoms with van der Waals surface area (Å²) in [6.45, 7) is 10.8. The molecule has 0 aromatic rings. The number of carbonyl (C=O) groups excluding carboxylic acids is 1. The Morgan fingerprint density at radius 1 is 1.22 bits per heavy atom. The molecule has 1 saturated carbocycles. The van der Waals surface area contributed by atoms with Crippen LogP contribution in [0.2, 0.25) is 0 Å². The SMILES string of the molecule is CC1(CN[C@H]2CCC[C@@H](NC(=O)OC(C)(C)C)C2)CCOCC1. The Labute approximate surface area is 140 Å². The van der Waals surface area contributed by atoms with E-state index >= 15 is 0 Å². The number of amides is 1. The summed E-state index contributed by atoms with van der Waals surface area (Å²) >= 11 is 0. The molecule has 23 heavy (non-hydrogen) atoms. The van der Waals surface area contributed by atoms with Gasteiger partial charge >= 0.3 is 6.09 Å². The van der Waals surface area contributed by atoms with Crippen molar-refractivity contribution in [2.45, 2.75) is 83.9 Å². The highest BCUT2D eigenvalue weighted by atomic mass is 16.6. The second-order valence-corrected chi connectivity index (χ2v) is 8.51. The first-order valence-corrected chi connectivity index (χ1v) is 9.06. The molecule has 5 heteroatoms. The molecule has 2 atom stereocenters. The minimum atomic E-state index is -0.436. The van der Waals surface area contributed by atoms with Crippen molar-refractivity contribution in [3.63, 3.8) is 0 Å². The first kappa shape index (κ1) is 18.5. The predicted octanol–water partition coefficient (Wildman–Crippen LogP) is 3.23. The van der Waals surface area contributed by atoms with Crippen LogP contribution in [-0.4, -0.2) is 43.5 Å². The van der Waals surface area contributed by atoms with Crippen LogP contribution in [0.5, 0.6) is 0 Å². The monoisotopic (exact) mass is 326 g/mol. The van der Waals surface area contributed by atoms with Gasteiger partial charge in [-0.15, -0.1) is 0 Å². The Morgan fingerprint density at radius 3 is 2.52 bits per heavy atom. The third-order valence-electron chi connectivity index (χ3n) is 4.91. The lowest BCUT2D eigenvalue weighted by molar-refractivity contribution is 0.0217. The topological polar surface area (TPSA) is 59.6 Å². The first-order valence-electron chi connectivity index (χ1n) is 9.06. The fraction of sp³-hybridized carbons (Fsp3) is 0.944. The van der Waals surface area contributed by atoms with Crippen LogP contribution >= 0.6 is 0 Å². The van der Waals surface area contributed by atoms with E-state index in [4.69, 9.17) is 9.47 Å². The molecule has 1 aliphatic heterocycles. The van der Waals surface area contributed by atoms with E-state index in [0.29, 0.717) is 11.5 Å². The minimum absolute atomic E-state index is 0.221. The normalized spacial score (nSPS) is 28.2. The Balaban J connectivity index is 1.73. The molecule has 0 spiro atoms. The van der Waals surface area contributed by atoms with Gasteiger partial charge < -0.3 is 20.1 Å². The largest absolute Gasteiger partial charge is 0.444 e. The van der Waals surface area contributed by atoms with Crippen LogP contribution in [0.15, 0.2) is 0 Å². The van der Waals surface area contributed by atoms with Gasteiger partial charge in [0.15, 0.2) is 0 Å². The van der Waals surface area contributed by atoms with Gasteiger partial charge in [-0.25, -0.2) is 4.79 Å². The Morgan fingerprint density at radius 2 is 1.87 bits per heavy atom. The fourth-order valence-corrected chi connectivity index (χ4v) is 3.41. The van der Waals surface area contributed by atoms with E-state index in [9.17, 15) is 4.79 Å². The van der Waals surface area contributed by atoms with Gasteiger partial charge in [-0.2, -0.15) is 0 Å². The van der Waals surface area contributed by atoms with Crippen molar-refractivity contribution in [1.82, 2.24) is 10.6 Å². The smallest absolute Gasteiger partial charge is 0.407 e. The average Bonchev–Trinajstić information content (AvgIpc) is 2.44. The summed E-state index contributed by atoms with van der Waals surface area (Å²) in [4.78, 5) is 11.9. The lowest BCUT2D eigenvalue weighted by Gasteiger charge is -2.37. The zero-order chi connectivity index (χ0) is 16.9. The molecule has 0 bridgehead atoms. The number of carbonyl (C=O) groups is 1. The third-order valence-corrected chi connectivity index (χ3v) is 4.91. The van der Waals surface area contributed by atoms with Gasteiger partial charge in [0.25, 0.3) is 0 Å². The zero-order valence-corrected chi connectivity index (χ0v) is 15.2. The van der Waals surface area contributed by atoms with Crippen molar-refractivity contribution in [2.24, 2.45) is 5.41 Å². The van der Waals surface area contributed by atoms with Crippen molar-refractivity contribution in [1.29, 1.82) is 0 Å². The molecule has 0 aromatic heterocycles. The molecule has 0 unspecified atom stereocenters. The summed E-state index contributed by atoms with van der Waals surface area (Å²) < 4.78 is 10.8. The zero-order valence-electron chi connectivity index (χ0n) is 15.2. The second kappa shape index (κ2) is 7.84. The Hall–Kier alpha value is -0.810. The van der Waals surface area contributed by atoms with Crippen LogP contribution in [0.3, 0.4) is 0 Å². The quantitative estimate of drug-likeness (QED) is 0.833. The van der Waals surface area contributed by atoms with E-state index in [1.165, 1.54) is 6.42 Å². The van der Waals surface area contributed by atoms with Gasteiger partial charge in [-0.3, -0.25) is 0 Å². The molecule has 2 fully saturated rings. The predicted molar refractivity (Wildman–Crippen MR) is 91.6 cm³/mol. The van der Waals surface area contributed by atoms with Crippen LogP contribution in [0, 0.1) is 5.41 Å². The lowest BCUT2D eigenvalue weighted by atomic mass is 9.81. The van der Waals surface area contributed by atoms with E-state index in [1.807, 2.05) is 20.8 Å². The van der Waals surface area contributed by atoms with Gasteiger partial charge in [0.2, 0.25) is 0 Å². The molecule has 1 heterocycles. The maximum absolute atomic E-state index is 11.9. The highest BCUT2D eigenvalue weighted by Gasteiger charge is 2.30. The van der Waals surface area contributed by atoms with E-state index in [-0.39, 0.29) is 12.1 Å². The van der Waals surface area contributed by atoms with Crippen molar-refractivity contribution in [2.75, 3.05) is 19.8 Å². The van der Waals surface area contributed by atoms with Crippen LogP contribution in [-0.2, 0) is 9.47 Å². The molecule has 5 nitrogen and oxygen atoms in total. The summed E-state index contributed by atoms with van der Waals surface area (Å²) in [6, 6.07) is 0.710. The van der Waals surface area contributed by atoms with E-state index in [1.54, 1.807) is 0 Å². The maximum Gasteiger partial charge on any atom is 0.407 e. The molecule has 1 aliphatic carbocycles. The average molecular weight is 326 g/mol. The highest BCUT2D eigenvalue weighted by molar-refractivity contribution is 5.68. The third kappa shape index (κ3) is 6.68. The minimum Gasteiger partial charge on any atom is -0.444 e. The van der Waals surface area contributed by atoms with Crippen LogP contribution in [0.4, 0.5) is 4.79 Å². The Bertz CT molecular complexity index is 386. The van der Waals surface area contributed by atoms with E-state index in [2.05, 4.69) is 17.6 Å². The summed E-state index contributed by atoms with van der Waals surface area (Å²) in [5, 5.41) is 6.77. The number of rotatable bonds is 4. The molecule has 2 aliphatic rings. The molecule has 2 N–H and O–H groups in total. The number of hydrogen-bond acceptors (Lipinski definition) is 4. The van der Waals surface area contributed by atoms with Crippen LogP contribution < -0.4 is 10.6 Å². The maximum atomic E-state index is 11.9. The summed E-state index contributed by atoms with van der Waals surface area (Å²) in [5.74, 6) is 0. The molecular weight excluding hydrogens is 292 g/mol. The fourth-order valence-electron chi connectivity index (χ4n) is 3.41. The highest BCUT2D eigenvalue weighted by Crippen LogP contribution is 2.29. The number of hydrogen-bond donors (Lipinski definition) is 2. The number of nitrogens with one attached hydrogen (secondary N) is 2. The molecular formula is C18H34N2O3. The van der Waals surface area contributed by atoms with Crippen molar-refractivity contribution >= 4 is 6.09 Å². The van der Waals surface area contributed by atoms with Crippen LogP contribution in [0.1, 0.15) is 66.2 Å². The van der Waals surface area contributed by atoms with Gasteiger partial charge in [0.05, 0.1) is 0 Å². The molecule has 2 rings (SSSR count). The first-order chi connectivity index (χ1) is 10.8. The summed E-state index contributed by atoms with van der Waals surface area (Å²) in [7, 11) is 0. The molecule has 1 amide bonds. The van der Waals surface area contributed by atoms with Gasteiger partial charge in [-0.1, -0.05) is 6.92 Å². The van der Waals surface area contributed by atoms with E-state index in [0.717, 1.165) is 51.9 Å². The number of alkyl carbamates (subject to hydrolysis) is 1. The van der Waals surface area contributed by atoms with Gasteiger partial charge in [-0.05, 0) is 64.7 Å². The second-order valence-electron chi connectivity index (χ2n) is 8.51. The molecule has 0 aromatic carbocycles.